The zero-order valence-corrected chi connectivity index (χ0v) is 13.1. The predicted octanol–water partition coefficient (Wildman–Crippen LogP) is 4.37. The normalized spacial score (nSPS) is 21.1. The number of nitriles is 1. The van der Waals surface area contributed by atoms with Crippen molar-refractivity contribution in [1.82, 2.24) is 14.5 Å². The molecular formula is C17H14ClFN4. The molecule has 1 saturated carbocycles. The molecule has 2 unspecified atom stereocenters. The van der Waals surface area contributed by atoms with Gasteiger partial charge in [-0.15, -0.1) is 0 Å². The van der Waals surface area contributed by atoms with Gasteiger partial charge in [0, 0.05) is 16.5 Å². The molecule has 1 aliphatic rings. The number of halogens is 2. The zero-order valence-electron chi connectivity index (χ0n) is 12.3. The Morgan fingerprint density at radius 2 is 2.22 bits per heavy atom. The average Bonchev–Trinajstić information content (AvgIpc) is 3.10. The van der Waals surface area contributed by atoms with Crippen LogP contribution in [0.15, 0.2) is 24.4 Å². The minimum absolute atomic E-state index is 0.0305. The molecule has 2 heterocycles. The van der Waals surface area contributed by atoms with Crippen molar-refractivity contribution < 1.29 is 4.39 Å². The number of rotatable bonds is 2. The van der Waals surface area contributed by atoms with Gasteiger partial charge < -0.3 is 4.57 Å². The second-order valence-electron chi connectivity index (χ2n) is 5.95. The highest BCUT2D eigenvalue weighted by atomic mass is 35.5. The van der Waals surface area contributed by atoms with Gasteiger partial charge in [-0.05, 0) is 37.5 Å². The maximum absolute atomic E-state index is 13.7. The predicted molar refractivity (Wildman–Crippen MR) is 87.1 cm³/mol. The van der Waals surface area contributed by atoms with Crippen molar-refractivity contribution in [3.63, 3.8) is 0 Å². The third-order valence-corrected chi connectivity index (χ3v) is 4.73. The number of hydrogen-bond acceptors (Lipinski definition) is 3. The van der Waals surface area contributed by atoms with Gasteiger partial charge in [0.2, 0.25) is 0 Å². The quantitative estimate of drug-likeness (QED) is 0.702. The van der Waals surface area contributed by atoms with Gasteiger partial charge in [-0.25, -0.2) is 9.37 Å². The smallest absolute Gasteiger partial charge is 0.124 e. The third kappa shape index (κ3) is 2.34. The van der Waals surface area contributed by atoms with Crippen LogP contribution >= 0.6 is 11.6 Å². The second kappa shape index (κ2) is 5.47. The molecule has 1 aromatic carbocycles. The van der Waals surface area contributed by atoms with Crippen LogP contribution in [0.25, 0.3) is 21.9 Å². The number of alkyl halides is 1. The van der Waals surface area contributed by atoms with E-state index in [1.807, 2.05) is 16.7 Å². The van der Waals surface area contributed by atoms with Crippen LogP contribution < -0.4 is 0 Å². The van der Waals surface area contributed by atoms with Crippen LogP contribution in [0.4, 0.5) is 4.39 Å². The summed E-state index contributed by atoms with van der Waals surface area (Å²) in [7, 11) is 0. The van der Waals surface area contributed by atoms with Gasteiger partial charge in [0.25, 0.3) is 0 Å². The number of aromatic nitrogens is 3. The third-order valence-electron chi connectivity index (χ3n) is 4.49. The Hall–Kier alpha value is -2.19. The number of hydrogen-bond donors (Lipinski definition) is 0. The van der Waals surface area contributed by atoms with Gasteiger partial charge in [0.1, 0.15) is 17.5 Å². The Kier molecular flexibility index (Phi) is 3.42. The molecule has 4 nitrogen and oxygen atoms in total. The molecule has 0 saturated heterocycles. The van der Waals surface area contributed by atoms with Crippen molar-refractivity contribution in [3.8, 4) is 6.07 Å². The Bertz CT molecular complexity index is 943. The van der Waals surface area contributed by atoms with Crippen LogP contribution in [-0.4, -0.2) is 20.7 Å². The first-order valence-electron chi connectivity index (χ1n) is 7.63. The number of nitrogens with zero attached hydrogens (tertiary/aromatic N) is 4. The highest BCUT2D eigenvalue weighted by Crippen LogP contribution is 2.37. The lowest BCUT2D eigenvalue weighted by molar-refractivity contribution is 0.330. The Balaban J connectivity index is 2.05. The SMILES string of the molecule is N#CCc1nc2cnc3ccc(Cl)cc3c2n1C1CCC(F)C1. The van der Waals surface area contributed by atoms with Crippen molar-refractivity contribution in [2.24, 2.45) is 0 Å². The first-order valence-corrected chi connectivity index (χ1v) is 8.01. The standard InChI is InChI=1S/C17H14ClFN4/c18-10-1-4-14-13(7-10)17-15(9-21-14)22-16(5-6-20)23(17)12-3-2-11(19)8-12/h1,4,7,9,11-12H,2-3,5,8H2. The summed E-state index contributed by atoms with van der Waals surface area (Å²) in [5.41, 5.74) is 2.45. The molecule has 1 aliphatic carbocycles. The fourth-order valence-electron chi connectivity index (χ4n) is 3.52. The van der Waals surface area contributed by atoms with Crippen molar-refractivity contribution >= 4 is 33.5 Å². The Morgan fingerprint density at radius 3 is 2.96 bits per heavy atom. The molecule has 0 spiro atoms. The van der Waals surface area contributed by atoms with Gasteiger partial charge in [-0.1, -0.05) is 11.6 Å². The molecule has 6 heteroatoms. The van der Waals surface area contributed by atoms with Crippen molar-refractivity contribution in [3.05, 3.63) is 35.2 Å². The number of benzene rings is 1. The van der Waals surface area contributed by atoms with Gasteiger partial charge in [0.15, 0.2) is 0 Å². The highest BCUT2D eigenvalue weighted by Gasteiger charge is 2.29. The molecule has 0 radical (unpaired) electrons. The monoisotopic (exact) mass is 328 g/mol. The summed E-state index contributed by atoms with van der Waals surface area (Å²) in [6.07, 6.45) is 2.91. The lowest BCUT2D eigenvalue weighted by Crippen LogP contribution is -2.10. The molecule has 4 rings (SSSR count). The Morgan fingerprint density at radius 1 is 1.35 bits per heavy atom. The van der Waals surface area contributed by atoms with Crippen LogP contribution in [0.5, 0.6) is 0 Å². The van der Waals surface area contributed by atoms with Crippen LogP contribution in [0.1, 0.15) is 31.1 Å². The van der Waals surface area contributed by atoms with Gasteiger partial charge in [-0.2, -0.15) is 5.26 Å². The first-order chi connectivity index (χ1) is 11.2. The van der Waals surface area contributed by atoms with E-state index in [-0.39, 0.29) is 12.5 Å². The molecule has 2 aromatic heterocycles. The van der Waals surface area contributed by atoms with Crippen LogP contribution in [0.3, 0.4) is 0 Å². The molecule has 1 fully saturated rings. The van der Waals surface area contributed by atoms with E-state index in [0.29, 0.717) is 23.7 Å². The summed E-state index contributed by atoms with van der Waals surface area (Å²) in [6.45, 7) is 0. The molecule has 0 N–H and O–H groups in total. The molecule has 3 aromatic rings. The van der Waals surface area contributed by atoms with Gasteiger partial charge >= 0.3 is 0 Å². The molecule has 23 heavy (non-hydrogen) atoms. The number of fused-ring (bicyclic) bond motifs is 3. The Labute approximate surface area is 137 Å². The van der Waals surface area contributed by atoms with Crippen LogP contribution in [0.2, 0.25) is 5.02 Å². The van der Waals surface area contributed by atoms with E-state index < -0.39 is 6.17 Å². The van der Waals surface area contributed by atoms with E-state index in [2.05, 4.69) is 16.0 Å². The second-order valence-corrected chi connectivity index (χ2v) is 6.39. The molecule has 0 bridgehead atoms. The average molecular weight is 329 g/mol. The summed E-state index contributed by atoms with van der Waals surface area (Å²) in [4.78, 5) is 8.98. The number of imidazole rings is 1. The summed E-state index contributed by atoms with van der Waals surface area (Å²) < 4.78 is 15.8. The topological polar surface area (TPSA) is 54.5 Å². The highest BCUT2D eigenvalue weighted by molar-refractivity contribution is 6.31. The lowest BCUT2D eigenvalue weighted by atomic mass is 10.1. The minimum Gasteiger partial charge on any atom is -0.323 e. The largest absolute Gasteiger partial charge is 0.323 e. The molecule has 0 amide bonds. The molecule has 2 atom stereocenters. The van der Waals surface area contributed by atoms with Crippen molar-refractivity contribution in [2.45, 2.75) is 37.9 Å². The fourth-order valence-corrected chi connectivity index (χ4v) is 3.70. The minimum atomic E-state index is -0.788. The van der Waals surface area contributed by atoms with Crippen molar-refractivity contribution in [1.29, 1.82) is 5.26 Å². The van der Waals surface area contributed by atoms with E-state index >= 15 is 0 Å². The van der Waals surface area contributed by atoms with E-state index in [4.69, 9.17) is 16.9 Å². The summed E-state index contributed by atoms with van der Waals surface area (Å²) >= 11 is 6.15. The molecule has 0 aliphatic heterocycles. The van der Waals surface area contributed by atoms with Crippen LogP contribution in [-0.2, 0) is 6.42 Å². The maximum Gasteiger partial charge on any atom is 0.124 e. The van der Waals surface area contributed by atoms with Crippen molar-refractivity contribution in [2.75, 3.05) is 0 Å². The van der Waals surface area contributed by atoms with E-state index in [1.54, 1.807) is 12.3 Å². The summed E-state index contributed by atoms with van der Waals surface area (Å²) in [5, 5.41) is 10.6. The lowest BCUT2D eigenvalue weighted by Gasteiger charge is -2.16. The zero-order chi connectivity index (χ0) is 16.0. The number of pyridine rings is 1. The van der Waals surface area contributed by atoms with Crippen LogP contribution in [0, 0.1) is 11.3 Å². The van der Waals surface area contributed by atoms with E-state index in [9.17, 15) is 4.39 Å². The first kappa shape index (κ1) is 14.4. The van der Waals surface area contributed by atoms with Gasteiger partial charge in [0.05, 0.1) is 29.7 Å². The summed E-state index contributed by atoms with van der Waals surface area (Å²) in [6, 6.07) is 7.71. The molecular weight excluding hydrogens is 315 g/mol. The van der Waals surface area contributed by atoms with Gasteiger partial charge in [-0.3, -0.25) is 4.98 Å². The molecule has 116 valence electrons. The summed E-state index contributed by atoms with van der Waals surface area (Å²) in [5.74, 6) is 0.677. The van der Waals surface area contributed by atoms with E-state index in [1.165, 1.54) is 0 Å². The van der Waals surface area contributed by atoms with E-state index in [0.717, 1.165) is 28.4 Å². The maximum atomic E-state index is 13.7. The fraction of sp³-hybridized carbons (Fsp3) is 0.353.